The molecule has 0 atom stereocenters. The van der Waals surface area contributed by atoms with Crippen LogP contribution in [-0.4, -0.2) is 55.9 Å². The van der Waals surface area contributed by atoms with E-state index >= 15 is 0 Å². The Morgan fingerprint density at radius 3 is 2.67 bits per heavy atom. The Balaban J connectivity index is 1.53. The second-order valence-electron chi connectivity index (χ2n) is 5.62. The summed E-state index contributed by atoms with van der Waals surface area (Å²) < 4.78 is 1.49. The highest BCUT2D eigenvalue weighted by atomic mass is 16.1. The summed E-state index contributed by atoms with van der Waals surface area (Å²) in [7, 11) is 0. The van der Waals surface area contributed by atoms with Crippen LogP contribution < -0.4 is 15.4 Å². The number of piperazine rings is 1. The van der Waals surface area contributed by atoms with Crippen molar-refractivity contribution in [2.45, 2.75) is 13.5 Å². The van der Waals surface area contributed by atoms with Crippen molar-refractivity contribution >= 4 is 22.8 Å². The van der Waals surface area contributed by atoms with E-state index in [9.17, 15) is 4.79 Å². The minimum absolute atomic E-state index is 0.0671. The molecule has 0 aliphatic carbocycles. The lowest BCUT2D eigenvalue weighted by Gasteiger charge is -2.36. The molecule has 1 N–H and O–H groups in total. The van der Waals surface area contributed by atoms with E-state index in [1.54, 1.807) is 24.8 Å². The summed E-state index contributed by atoms with van der Waals surface area (Å²) in [6.45, 7) is 5.76. The lowest BCUT2D eigenvalue weighted by molar-refractivity contribution is 0.587. The van der Waals surface area contributed by atoms with Crippen molar-refractivity contribution in [2.24, 2.45) is 0 Å². The summed E-state index contributed by atoms with van der Waals surface area (Å²) in [6, 6.07) is 3.37. The number of fused-ring (bicyclic) bond motifs is 1. The van der Waals surface area contributed by atoms with Crippen LogP contribution in [0.4, 0.5) is 11.6 Å². The molecule has 1 aliphatic heterocycles. The van der Waals surface area contributed by atoms with Crippen LogP contribution >= 0.6 is 0 Å². The van der Waals surface area contributed by atoms with Gasteiger partial charge >= 0.3 is 0 Å². The van der Waals surface area contributed by atoms with Gasteiger partial charge in [0.2, 0.25) is 0 Å². The SMILES string of the molecule is CCn1nc(N2CCN(c3ncnc4nc[nH]c34)CC2)ccc1=O. The highest BCUT2D eigenvalue weighted by molar-refractivity contribution is 5.82. The molecule has 0 radical (unpaired) electrons. The zero-order chi connectivity index (χ0) is 16.5. The van der Waals surface area contributed by atoms with Crippen molar-refractivity contribution in [1.82, 2.24) is 29.7 Å². The molecule has 0 spiro atoms. The second kappa shape index (κ2) is 5.91. The molecule has 0 saturated carbocycles. The van der Waals surface area contributed by atoms with Crippen molar-refractivity contribution in [1.29, 1.82) is 0 Å². The number of anilines is 2. The van der Waals surface area contributed by atoms with Crippen LogP contribution in [0, 0.1) is 0 Å². The lowest BCUT2D eigenvalue weighted by atomic mass is 10.3. The molecule has 1 aliphatic rings. The molecule has 0 amide bonds. The third-order valence-electron chi connectivity index (χ3n) is 4.26. The molecule has 0 unspecified atom stereocenters. The molecule has 9 heteroatoms. The molecular weight excluding hydrogens is 308 g/mol. The van der Waals surface area contributed by atoms with E-state index in [0.717, 1.165) is 43.3 Å². The lowest BCUT2D eigenvalue weighted by Crippen LogP contribution is -2.47. The smallest absolute Gasteiger partial charge is 0.266 e. The number of hydrogen-bond acceptors (Lipinski definition) is 7. The maximum Gasteiger partial charge on any atom is 0.266 e. The summed E-state index contributed by atoms with van der Waals surface area (Å²) in [4.78, 5) is 31.9. The number of imidazole rings is 1. The molecule has 3 aromatic heterocycles. The van der Waals surface area contributed by atoms with Gasteiger partial charge in [-0.1, -0.05) is 0 Å². The largest absolute Gasteiger partial charge is 0.352 e. The van der Waals surface area contributed by atoms with E-state index < -0.39 is 0 Å². The normalized spacial score (nSPS) is 15.2. The minimum atomic E-state index is -0.0671. The van der Waals surface area contributed by atoms with Gasteiger partial charge in [-0.15, -0.1) is 0 Å². The molecule has 1 fully saturated rings. The zero-order valence-electron chi connectivity index (χ0n) is 13.4. The van der Waals surface area contributed by atoms with Crippen molar-refractivity contribution in [2.75, 3.05) is 36.0 Å². The molecular formula is C15H18N8O. The van der Waals surface area contributed by atoms with Crippen molar-refractivity contribution in [3.8, 4) is 0 Å². The molecule has 1 saturated heterocycles. The van der Waals surface area contributed by atoms with Crippen LogP contribution in [0.25, 0.3) is 11.2 Å². The summed E-state index contributed by atoms with van der Waals surface area (Å²) in [5.41, 5.74) is 1.48. The monoisotopic (exact) mass is 326 g/mol. The van der Waals surface area contributed by atoms with Gasteiger partial charge in [-0.05, 0) is 13.0 Å². The Morgan fingerprint density at radius 1 is 1.08 bits per heavy atom. The average molecular weight is 326 g/mol. The van der Waals surface area contributed by atoms with Gasteiger partial charge in [0.1, 0.15) is 17.7 Å². The molecule has 9 nitrogen and oxygen atoms in total. The van der Waals surface area contributed by atoms with Crippen LogP contribution in [0.3, 0.4) is 0 Å². The fourth-order valence-corrected chi connectivity index (χ4v) is 2.97. The summed E-state index contributed by atoms with van der Waals surface area (Å²) in [5.74, 6) is 1.72. The highest BCUT2D eigenvalue weighted by Crippen LogP contribution is 2.22. The fraction of sp³-hybridized carbons (Fsp3) is 0.400. The van der Waals surface area contributed by atoms with Gasteiger partial charge in [0.25, 0.3) is 5.56 Å². The van der Waals surface area contributed by atoms with Gasteiger partial charge in [0, 0.05) is 38.8 Å². The number of aryl methyl sites for hydroxylation is 1. The number of nitrogens with zero attached hydrogens (tertiary/aromatic N) is 7. The Morgan fingerprint density at radius 2 is 1.88 bits per heavy atom. The number of aromatic amines is 1. The van der Waals surface area contributed by atoms with E-state index in [1.807, 2.05) is 6.92 Å². The highest BCUT2D eigenvalue weighted by Gasteiger charge is 2.21. The van der Waals surface area contributed by atoms with Crippen LogP contribution in [-0.2, 0) is 6.54 Å². The Bertz CT molecular complexity index is 909. The molecule has 0 bridgehead atoms. The molecule has 4 heterocycles. The van der Waals surface area contributed by atoms with Gasteiger partial charge < -0.3 is 14.8 Å². The first-order valence-electron chi connectivity index (χ1n) is 7.98. The van der Waals surface area contributed by atoms with E-state index in [4.69, 9.17) is 0 Å². The standard InChI is InChI=1S/C15H18N8O/c1-2-23-12(24)4-3-11(20-23)21-5-7-22(8-6-21)15-13-14(17-9-16-13)18-10-19-15/h3-4,9-10H,2,5-8H2,1H3,(H,16,17,18,19). The fourth-order valence-electron chi connectivity index (χ4n) is 2.97. The maximum absolute atomic E-state index is 11.7. The second-order valence-corrected chi connectivity index (χ2v) is 5.62. The quantitative estimate of drug-likeness (QED) is 0.737. The topological polar surface area (TPSA) is 95.8 Å². The minimum Gasteiger partial charge on any atom is -0.352 e. The Labute approximate surface area is 138 Å². The zero-order valence-corrected chi connectivity index (χ0v) is 13.4. The predicted molar refractivity (Wildman–Crippen MR) is 90.3 cm³/mol. The molecule has 0 aromatic carbocycles. The van der Waals surface area contributed by atoms with E-state index in [1.165, 1.54) is 4.68 Å². The number of hydrogen-bond donors (Lipinski definition) is 1. The maximum atomic E-state index is 11.7. The van der Waals surface area contributed by atoms with E-state index in [2.05, 4.69) is 34.8 Å². The first-order valence-corrected chi connectivity index (χ1v) is 7.98. The van der Waals surface area contributed by atoms with E-state index in [-0.39, 0.29) is 5.56 Å². The Hall–Kier alpha value is -2.97. The van der Waals surface area contributed by atoms with Crippen LogP contribution in [0.15, 0.2) is 29.6 Å². The van der Waals surface area contributed by atoms with Crippen molar-refractivity contribution in [3.63, 3.8) is 0 Å². The number of aromatic nitrogens is 6. The third-order valence-corrected chi connectivity index (χ3v) is 4.26. The summed E-state index contributed by atoms with van der Waals surface area (Å²) >= 11 is 0. The molecule has 4 rings (SSSR count). The van der Waals surface area contributed by atoms with Crippen molar-refractivity contribution in [3.05, 3.63) is 35.1 Å². The first kappa shape index (κ1) is 14.6. The number of H-pyrrole nitrogens is 1. The predicted octanol–water partition coefficient (Wildman–Crippen LogP) is 0.256. The molecule has 24 heavy (non-hydrogen) atoms. The van der Waals surface area contributed by atoms with Gasteiger partial charge in [-0.2, -0.15) is 5.10 Å². The molecule has 3 aromatic rings. The summed E-state index contributed by atoms with van der Waals surface area (Å²) in [6.07, 6.45) is 3.18. The van der Waals surface area contributed by atoms with Crippen LogP contribution in [0.2, 0.25) is 0 Å². The van der Waals surface area contributed by atoms with Gasteiger partial charge in [0.05, 0.1) is 6.33 Å². The van der Waals surface area contributed by atoms with Crippen LogP contribution in [0.5, 0.6) is 0 Å². The molecule has 124 valence electrons. The van der Waals surface area contributed by atoms with Gasteiger partial charge in [-0.3, -0.25) is 4.79 Å². The average Bonchev–Trinajstić information content (AvgIpc) is 3.11. The van der Waals surface area contributed by atoms with E-state index in [0.29, 0.717) is 12.2 Å². The van der Waals surface area contributed by atoms with Gasteiger partial charge in [-0.25, -0.2) is 19.6 Å². The number of rotatable bonds is 3. The Kier molecular flexibility index (Phi) is 3.60. The summed E-state index contributed by atoms with van der Waals surface area (Å²) in [5, 5.41) is 4.42. The van der Waals surface area contributed by atoms with Gasteiger partial charge in [0.15, 0.2) is 11.5 Å². The number of nitrogens with one attached hydrogen (secondary N) is 1. The first-order chi connectivity index (χ1) is 11.8. The van der Waals surface area contributed by atoms with Crippen molar-refractivity contribution < 1.29 is 0 Å². The van der Waals surface area contributed by atoms with Crippen LogP contribution in [0.1, 0.15) is 6.92 Å². The third kappa shape index (κ3) is 2.47.